The molecule has 0 aliphatic carbocycles. The summed E-state index contributed by atoms with van der Waals surface area (Å²) >= 11 is 2.36. The molecule has 0 saturated heterocycles. The second-order valence-electron chi connectivity index (χ2n) is 2.56. The van der Waals surface area contributed by atoms with Crippen molar-refractivity contribution in [2.45, 2.75) is 4.90 Å². The highest BCUT2D eigenvalue weighted by atomic mass is 32.2. The third kappa shape index (κ3) is 1.30. The number of benzene rings is 1. The van der Waals surface area contributed by atoms with E-state index >= 15 is 0 Å². The van der Waals surface area contributed by atoms with E-state index in [2.05, 4.69) is 0 Å². The lowest BCUT2D eigenvalue weighted by Gasteiger charge is -1.94. The molecule has 0 radical (unpaired) electrons. The van der Waals surface area contributed by atoms with Gasteiger partial charge in [-0.3, -0.25) is 0 Å². The minimum atomic E-state index is -0.219. The molecule has 2 rings (SSSR count). The zero-order valence-corrected chi connectivity index (χ0v) is 8.51. The van der Waals surface area contributed by atoms with Gasteiger partial charge in [-0.2, -0.15) is 4.39 Å². The molecule has 0 unspecified atom stereocenters. The fourth-order valence-corrected chi connectivity index (χ4v) is 3.07. The summed E-state index contributed by atoms with van der Waals surface area (Å²) in [5, 5.41) is 10.0. The molecule has 0 bridgehead atoms. The Kier molecular flexibility index (Phi) is 2.17. The highest BCUT2D eigenvalue weighted by Crippen LogP contribution is 2.39. The number of hydrogen-bond donors (Lipinski definition) is 1. The molecule has 0 amide bonds. The first-order chi connectivity index (χ1) is 6.24. The molecule has 2 aromatic rings. The van der Waals surface area contributed by atoms with Crippen LogP contribution in [0.25, 0.3) is 10.1 Å². The van der Waals surface area contributed by atoms with Crippen LogP contribution < -0.4 is 0 Å². The van der Waals surface area contributed by atoms with Crippen molar-refractivity contribution < 1.29 is 9.50 Å². The van der Waals surface area contributed by atoms with E-state index in [4.69, 9.17) is 0 Å². The van der Waals surface area contributed by atoms with Crippen LogP contribution in [0.3, 0.4) is 0 Å². The topological polar surface area (TPSA) is 20.2 Å². The van der Waals surface area contributed by atoms with Crippen molar-refractivity contribution in [2.75, 3.05) is 6.26 Å². The number of thioether (sulfide) groups is 1. The average Bonchev–Trinajstić information content (AvgIpc) is 2.43. The van der Waals surface area contributed by atoms with Gasteiger partial charge < -0.3 is 5.11 Å². The fraction of sp³-hybridized carbons (Fsp3) is 0.111. The van der Waals surface area contributed by atoms with Crippen LogP contribution in [0.15, 0.2) is 23.1 Å². The van der Waals surface area contributed by atoms with Crippen LogP contribution >= 0.6 is 23.1 Å². The summed E-state index contributed by atoms with van der Waals surface area (Å²) < 4.78 is 13.9. The Morgan fingerprint density at radius 1 is 1.46 bits per heavy atom. The maximum absolute atomic E-state index is 13.3. The molecule has 1 heterocycles. The summed E-state index contributed by atoms with van der Waals surface area (Å²) in [5.74, 6) is 0.154. The summed E-state index contributed by atoms with van der Waals surface area (Å²) in [6.07, 6.45) is 1.83. The SMILES string of the molecule is CSc1c(F)sc2c(O)cccc12. The molecule has 4 heteroatoms. The second-order valence-corrected chi connectivity index (χ2v) is 4.35. The average molecular weight is 214 g/mol. The Balaban J connectivity index is 2.86. The van der Waals surface area contributed by atoms with Crippen LogP contribution in [-0.4, -0.2) is 11.4 Å². The van der Waals surface area contributed by atoms with Crippen molar-refractivity contribution in [3.63, 3.8) is 0 Å². The van der Waals surface area contributed by atoms with Crippen molar-refractivity contribution in [1.82, 2.24) is 0 Å². The van der Waals surface area contributed by atoms with E-state index in [1.54, 1.807) is 12.1 Å². The molecule has 1 aromatic heterocycles. The lowest BCUT2D eigenvalue weighted by atomic mass is 10.2. The molecule has 0 aliphatic rings. The minimum absolute atomic E-state index is 0.154. The summed E-state index contributed by atoms with van der Waals surface area (Å²) in [4.78, 5) is 0.621. The summed E-state index contributed by atoms with van der Waals surface area (Å²) in [6.45, 7) is 0. The first kappa shape index (κ1) is 8.84. The molecule has 0 aliphatic heterocycles. The Morgan fingerprint density at radius 2 is 2.23 bits per heavy atom. The highest BCUT2D eigenvalue weighted by Gasteiger charge is 2.12. The number of halogens is 1. The molecule has 0 saturated carbocycles. The number of phenolic OH excluding ortho intramolecular Hbond substituents is 1. The molecule has 68 valence electrons. The van der Waals surface area contributed by atoms with Crippen LogP contribution in [0.1, 0.15) is 0 Å². The first-order valence-electron chi connectivity index (χ1n) is 3.68. The van der Waals surface area contributed by atoms with Gasteiger partial charge in [0.1, 0.15) is 5.75 Å². The lowest BCUT2D eigenvalue weighted by molar-refractivity contribution is 0.482. The normalized spacial score (nSPS) is 10.9. The predicted octanol–water partition coefficient (Wildman–Crippen LogP) is 3.47. The third-order valence-electron chi connectivity index (χ3n) is 1.81. The van der Waals surface area contributed by atoms with Crippen molar-refractivity contribution >= 4 is 33.2 Å². The Bertz CT molecular complexity index is 450. The van der Waals surface area contributed by atoms with Gasteiger partial charge in [-0.15, -0.1) is 23.1 Å². The van der Waals surface area contributed by atoms with Gasteiger partial charge in [-0.25, -0.2) is 0 Å². The van der Waals surface area contributed by atoms with Crippen LogP contribution in [-0.2, 0) is 0 Å². The van der Waals surface area contributed by atoms with E-state index in [-0.39, 0.29) is 10.9 Å². The smallest absolute Gasteiger partial charge is 0.191 e. The monoisotopic (exact) mass is 214 g/mol. The molecule has 1 nitrogen and oxygen atoms in total. The van der Waals surface area contributed by atoms with Gasteiger partial charge in [-0.05, 0) is 12.3 Å². The number of thiophene rings is 1. The molecular weight excluding hydrogens is 207 g/mol. The number of rotatable bonds is 1. The summed E-state index contributed by atoms with van der Waals surface area (Å²) in [6, 6.07) is 5.12. The summed E-state index contributed by atoms with van der Waals surface area (Å²) in [7, 11) is 0. The Hall–Kier alpha value is -0.740. The van der Waals surface area contributed by atoms with Gasteiger partial charge in [0.25, 0.3) is 0 Å². The van der Waals surface area contributed by atoms with E-state index in [1.807, 2.05) is 12.3 Å². The zero-order chi connectivity index (χ0) is 9.42. The summed E-state index contributed by atoms with van der Waals surface area (Å²) in [5.41, 5.74) is 0. The number of aromatic hydroxyl groups is 1. The lowest BCUT2D eigenvalue weighted by Crippen LogP contribution is -1.69. The molecule has 1 aromatic carbocycles. The van der Waals surface area contributed by atoms with Gasteiger partial charge in [0.15, 0.2) is 5.13 Å². The second kappa shape index (κ2) is 3.20. The third-order valence-corrected chi connectivity index (χ3v) is 3.77. The van der Waals surface area contributed by atoms with E-state index in [1.165, 1.54) is 11.8 Å². The fourth-order valence-electron chi connectivity index (χ4n) is 1.24. The zero-order valence-electron chi connectivity index (χ0n) is 6.87. The number of phenols is 1. The molecular formula is C9H7FOS2. The van der Waals surface area contributed by atoms with Crippen molar-refractivity contribution in [3.8, 4) is 5.75 Å². The van der Waals surface area contributed by atoms with E-state index in [9.17, 15) is 9.50 Å². The number of fused-ring (bicyclic) bond motifs is 1. The predicted molar refractivity (Wildman–Crippen MR) is 55.2 cm³/mol. The molecule has 0 spiro atoms. The van der Waals surface area contributed by atoms with Gasteiger partial charge >= 0.3 is 0 Å². The largest absolute Gasteiger partial charge is 0.506 e. The van der Waals surface area contributed by atoms with Crippen LogP contribution in [0.5, 0.6) is 5.75 Å². The minimum Gasteiger partial charge on any atom is -0.506 e. The highest BCUT2D eigenvalue weighted by molar-refractivity contribution is 7.99. The van der Waals surface area contributed by atoms with Crippen LogP contribution in [0, 0.1) is 5.13 Å². The maximum atomic E-state index is 13.3. The maximum Gasteiger partial charge on any atom is 0.191 e. The Labute approximate surface area is 83.2 Å². The molecule has 0 fully saturated rings. The van der Waals surface area contributed by atoms with E-state index < -0.39 is 0 Å². The molecule has 1 N–H and O–H groups in total. The van der Waals surface area contributed by atoms with Crippen LogP contribution in [0.4, 0.5) is 4.39 Å². The van der Waals surface area contributed by atoms with Gasteiger partial charge in [0.05, 0.1) is 9.60 Å². The molecule has 13 heavy (non-hydrogen) atoms. The van der Waals surface area contributed by atoms with Gasteiger partial charge in [-0.1, -0.05) is 12.1 Å². The molecule has 0 atom stereocenters. The first-order valence-corrected chi connectivity index (χ1v) is 5.72. The van der Waals surface area contributed by atoms with Gasteiger partial charge in [0.2, 0.25) is 0 Å². The van der Waals surface area contributed by atoms with Crippen molar-refractivity contribution in [3.05, 3.63) is 23.3 Å². The standard InChI is InChI=1S/C9H7FOS2/c1-12-8-5-3-2-4-6(11)7(5)13-9(8)10/h2-4,11H,1H3. The van der Waals surface area contributed by atoms with Crippen molar-refractivity contribution in [1.29, 1.82) is 0 Å². The van der Waals surface area contributed by atoms with E-state index in [0.29, 0.717) is 9.60 Å². The van der Waals surface area contributed by atoms with Gasteiger partial charge in [0, 0.05) is 5.39 Å². The quantitative estimate of drug-likeness (QED) is 0.733. The Morgan fingerprint density at radius 3 is 2.92 bits per heavy atom. The van der Waals surface area contributed by atoms with Crippen molar-refractivity contribution in [2.24, 2.45) is 0 Å². The van der Waals surface area contributed by atoms with Crippen LogP contribution in [0.2, 0.25) is 0 Å². The van der Waals surface area contributed by atoms with E-state index in [0.717, 1.165) is 16.7 Å². The number of hydrogen-bond acceptors (Lipinski definition) is 3.